The maximum atomic E-state index is 11.6. The van der Waals surface area contributed by atoms with E-state index in [1.807, 2.05) is 20.8 Å². The van der Waals surface area contributed by atoms with Crippen molar-refractivity contribution in [3.63, 3.8) is 0 Å². The molecular formula is C12H23NO3. The summed E-state index contributed by atoms with van der Waals surface area (Å²) < 4.78 is 0. The Morgan fingerprint density at radius 2 is 1.94 bits per heavy atom. The van der Waals surface area contributed by atoms with Crippen LogP contribution in [0.2, 0.25) is 0 Å². The maximum absolute atomic E-state index is 11.6. The Hall–Kier alpha value is -1.06. The van der Waals surface area contributed by atoms with Crippen molar-refractivity contribution >= 4 is 11.9 Å². The van der Waals surface area contributed by atoms with Gasteiger partial charge in [-0.3, -0.25) is 9.59 Å². The van der Waals surface area contributed by atoms with E-state index in [-0.39, 0.29) is 24.2 Å². The fraction of sp³-hybridized carbons (Fsp3) is 0.833. The van der Waals surface area contributed by atoms with Crippen LogP contribution in [-0.2, 0) is 9.59 Å². The number of carbonyl (C=O) groups is 2. The summed E-state index contributed by atoms with van der Waals surface area (Å²) in [5.41, 5.74) is 0. The van der Waals surface area contributed by atoms with E-state index < -0.39 is 5.97 Å². The zero-order chi connectivity index (χ0) is 12.6. The van der Waals surface area contributed by atoms with E-state index in [0.717, 1.165) is 19.3 Å². The molecule has 16 heavy (non-hydrogen) atoms. The molecule has 1 amide bonds. The third kappa shape index (κ3) is 6.43. The fourth-order valence-electron chi connectivity index (χ4n) is 1.59. The van der Waals surface area contributed by atoms with Gasteiger partial charge in [-0.2, -0.15) is 0 Å². The van der Waals surface area contributed by atoms with Gasteiger partial charge in [-0.25, -0.2) is 0 Å². The Morgan fingerprint density at radius 3 is 2.38 bits per heavy atom. The van der Waals surface area contributed by atoms with Crippen LogP contribution in [0.3, 0.4) is 0 Å². The Morgan fingerprint density at radius 1 is 1.31 bits per heavy atom. The summed E-state index contributed by atoms with van der Waals surface area (Å²) >= 11 is 0. The molecule has 0 aromatic heterocycles. The topological polar surface area (TPSA) is 66.4 Å². The van der Waals surface area contributed by atoms with Crippen LogP contribution < -0.4 is 5.32 Å². The number of amides is 1. The summed E-state index contributed by atoms with van der Waals surface area (Å²) in [7, 11) is 0. The maximum Gasteiger partial charge on any atom is 0.303 e. The first-order chi connectivity index (χ1) is 7.51. The van der Waals surface area contributed by atoms with E-state index in [0.29, 0.717) is 6.54 Å². The molecule has 0 heterocycles. The third-order valence-electron chi connectivity index (χ3n) is 2.77. The van der Waals surface area contributed by atoms with Crippen LogP contribution in [0.5, 0.6) is 0 Å². The summed E-state index contributed by atoms with van der Waals surface area (Å²) in [6.07, 6.45) is 2.76. The van der Waals surface area contributed by atoms with Gasteiger partial charge >= 0.3 is 5.97 Å². The van der Waals surface area contributed by atoms with E-state index in [9.17, 15) is 9.59 Å². The van der Waals surface area contributed by atoms with Crippen LogP contribution in [0.1, 0.15) is 46.5 Å². The molecule has 0 saturated heterocycles. The molecule has 0 aromatic carbocycles. The average Bonchev–Trinajstić information content (AvgIpc) is 2.23. The standard InChI is InChI=1S/C12H23NO3/c1-4-6-9(3)12(16)13-8-10(5-2)7-11(14)15/h9-10H,4-8H2,1-3H3,(H,13,16)(H,14,15). The van der Waals surface area contributed by atoms with Crippen LogP contribution in [0, 0.1) is 11.8 Å². The molecule has 4 nitrogen and oxygen atoms in total. The molecule has 0 saturated carbocycles. The van der Waals surface area contributed by atoms with E-state index in [4.69, 9.17) is 5.11 Å². The van der Waals surface area contributed by atoms with Crippen molar-refractivity contribution in [2.24, 2.45) is 11.8 Å². The van der Waals surface area contributed by atoms with Gasteiger partial charge in [0.15, 0.2) is 0 Å². The summed E-state index contributed by atoms with van der Waals surface area (Å²) in [5, 5.41) is 11.5. The van der Waals surface area contributed by atoms with Crippen LogP contribution in [0.25, 0.3) is 0 Å². The summed E-state index contributed by atoms with van der Waals surface area (Å²) in [6, 6.07) is 0. The van der Waals surface area contributed by atoms with Crippen molar-refractivity contribution in [1.82, 2.24) is 5.32 Å². The molecule has 0 radical (unpaired) electrons. The Balaban J connectivity index is 3.91. The Labute approximate surface area is 97.4 Å². The minimum absolute atomic E-state index is 0.0207. The highest BCUT2D eigenvalue weighted by Gasteiger charge is 2.15. The molecule has 4 heteroatoms. The number of aliphatic carboxylic acids is 1. The molecule has 2 N–H and O–H groups in total. The van der Waals surface area contributed by atoms with Crippen molar-refractivity contribution in [2.75, 3.05) is 6.54 Å². The minimum atomic E-state index is -0.803. The molecule has 94 valence electrons. The van der Waals surface area contributed by atoms with Gasteiger partial charge in [0, 0.05) is 18.9 Å². The molecule has 0 bridgehead atoms. The number of carboxylic acids is 1. The van der Waals surface area contributed by atoms with Gasteiger partial charge in [0.2, 0.25) is 5.91 Å². The number of nitrogens with one attached hydrogen (secondary N) is 1. The Bertz CT molecular complexity index is 228. The molecule has 0 aliphatic heterocycles. The Kier molecular flexibility index (Phi) is 7.60. The second-order valence-corrected chi connectivity index (χ2v) is 4.31. The molecule has 0 spiro atoms. The largest absolute Gasteiger partial charge is 0.481 e. The number of carboxylic acid groups (broad SMARTS) is 1. The van der Waals surface area contributed by atoms with E-state index in [1.54, 1.807) is 0 Å². The van der Waals surface area contributed by atoms with Gasteiger partial charge in [0.25, 0.3) is 0 Å². The predicted octanol–water partition coefficient (Wildman–Crippen LogP) is 2.04. The van der Waals surface area contributed by atoms with Crippen molar-refractivity contribution in [3.05, 3.63) is 0 Å². The number of carbonyl (C=O) groups excluding carboxylic acids is 1. The van der Waals surface area contributed by atoms with Gasteiger partial charge in [0.05, 0.1) is 0 Å². The lowest BCUT2D eigenvalue weighted by Gasteiger charge is -2.16. The number of hydrogen-bond donors (Lipinski definition) is 2. The minimum Gasteiger partial charge on any atom is -0.481 e. The third-order valence-corrected chi connectivity index (χ3v) is 2.77. The summed E-state index contributed by atoms with van der Waals surface area (Å²) in [4.78, 5) is 22.1. The van der Waals surface area contributed by atoms with E-state index in [2.05, 4.69) is 5.32 Å². The first-order valence-electron chi connectivity index (χ1n) is 6.00. The van der Waals surface area contributed by atoms with Crippen LogP contribution in [0.4, 0.5) is 0 Å². The predicted molar refractivity (Wildman–Crippen MR) is 63.1 cm³/mol. The van der Waals surface area contributed by atoms with Gasteiger partial charge in [-0.05, 0) is 12.3 Å². The van der Waals surface area contributed by atoms with E-state index >= 15 is 0 Å². The summed E-state index contributed by atoms with van der Waals surface area (Å²) in [5.74, 6) is -0.712. The van der Waals surface area contributed by atoms with Crippen molar-refractivity contribution < 1.29 is 14.7 Å². The van der Waals surface area contributed by atoms with Crippen LogP contribution in [-0.4, -0.2) is 23.5 Å². The monoisotopic (exact) mass is 229 g/mol. The first kappa shape index (κ1) is 14.9. The lowest BCUT2D eigenvalue weighted by atomic mass is 10.0. The van der Waals surface area contributed by atoms with Gasteiger partial charge in [-0.1, -0.05) is 33.6 Å². The summed E-state index contributed by atoms with van der Waals surface area (Å²) in [6.45, 7) is 6.35. The first-order valence-corrected chi connectivity index (χ1v) is 6.00. The molecule has 2 unspecified atom stereocenters. The number of hydrogen-bond acceptors (Lipinski definition) is 2. The lowest BCUT2D eigenvalue weighted by Crippen LogP contribution is -2.33. The highest BCUT2D eigenvalue weighted by Crippen LogP contribution is 2.08. The van der Waals surface area contributed by atoms with Crippen molar-refractivity contribution in [3.8, 4) is 0 Å². The van der Waals surface area contributed by atoms with Gasteiger partial charge in [0.1, 0.15) is 0 Å². The van der Waals surface area contributed by atoms with Crippen LogP contribution in [0.15, 0.2) is 0 Å². The van der Waals surface area contributed by atoms with Crippen molar-refractivity contribution in [1.29, 1.82) is 0 Å². The lowest BCUT2D eigenvalue weighted by molar-refractivity contribution is -0.138. The second-order valence-electron chi connectivity index (χ2n) is 4.31. The fourth-order valence-corrected chi connectivity index (χ4v) is 1.59. The van der Waals surface area contributed by atoms with Crippen LogP contribution >= 0.6 is 0 Å². The quantitative estimate of drug-likeness (QED) is 0.669. The highest BCUT2D eigenvalue weighted by atomic mass is 16.4. The van der Waals surface area contributed by atoms with Gasteiger partial charge in [-0.15, -0.1) is 0 Å². The highest BCUT2D eigenvalue weighted by molar-refractivity contribution is 5.78. The number of rotatable bonds is 8. The molecule has 0 aliphatic rings. The zero-order valence-electron chi connectivity index (χ0n) is 10.5. The average molecular weight is 229 g/mol. The zero-order valence-corrected chi connectivity index (χ0v) is 10.5. The normalized spacial score (nSPS) is 14.2. The van der Waals surface area contributed by atoms with E-state index in [1.165, 1.54) is 0 Å². The molecule has 0 rings (SSSR count). The SMILES string of the molecule is CCCC(C)C(=O)NCC(CC)CC(=O)O. The second kappa shape index (κ2) is 8.13. The smallest absolute Gasteiger partial charge is 0.303 e. The van der Waals surface area contributed by atoms with Crippen molar-refractivity contribution in [2.45, 2.75) is 46.5 Å². The molecule has 0 aromatic rings. The molecule has 2 atom stereocenters. The van der Waals surface area contributed by atoms with Gasteiger partial charge < -0.3 is 10.4 Å². The molecule has 0 fully saturated rings. The molecular weight excluding hydrogens is 206 g/mol. The molecule has 0 aliphatic carbocycles.